The molecular weight excluding hydrogens is 288 g/mol. The summed E-state index contributed by atoms with van der Waals surface area (Å²) < 4.78 is 0. The standard InChI is InChI=1S/C15H20N2O3S/c1-21-9-5-4-8-16-15(20)17-12-7-3-2-6-11(12)10-13(17)14(18)19/h2-3,6-7,13H,4-5,8-10H2,1H3,(H,16,20)(H,18,19). The van der Waals surface area contributed by atoms with Gasteiger partial charge in [0.15, 0.2) is 0 Å². The molecule has 2 amide bonds. The maximum Gasteiger partial charge on any atom is 0.327 e. The Morgan fingerprint density at radius 3 is 2.86 bits per heavy atom. The number of hydrogen-bond acceptors (Lipinski definition) is 3. The van der Waals surface area contributed by atoms with E-state index in [1.54, 1.807) is 17.8 Å². The predicted octanol–water partition coefficient (Wildman–Crippen LogP) is 2.36. The molecule has 1 heterocycles. The second kappa shape index (κ2) is 7.36. The van der Waals surface area contributed by atoms with E-state index in [4.69, 9.17) is 0 Å². The van der Waals surface area contributed by atoms with E-state index in [-0.39, 0.29) is 6.03 Å². The number of carboxylic acid groups (broad SMARTS) is 1. The minimum Gasteiger partial charge on any atom is -0.480 e. The summed E-state index contributed by atoms with van der Waals surface area (Å²) >= 11 is 1.78. The average Bonchev–Trinajstić information content (AvgIpc) is 2.86. The van der Waals surface area contributed by atoms with E-state index in [2.05, 4.69) is 11.6 Å². The summed E-state index contributed by atoms with van der Waals surface area (Å²) in [4.78, 5) is 25.0. The van der Waals surface area contributed by atoms with Crippen LogP contribution >= 0.6 is 11.8 Å². The van der Waals surface area contributed by atoms with Crippen molar-refractivity contribution in [1.29, 1.82) is 0 Å². The fourth-order valence-electron chi connectivity index (χ4n) is 2.49. The van der Waals surface area contributed by atoms with Crippen LogP contribution < -0.4 is 10.2 Å². The predicted molar refractivity (Wildman–Crippen MR) is 85.1 cm³/mol. The molecule has 6 heteroatoms. The van der Waals surface area contributed by atoms with Crippen LogP contribution in [0.25, 0.3) is 0 Å². The number of hydrogen-bond donors (Lipinski definition) is 2. The fourth-order valence-corrected chi connectivity index (χ4v) is 2.98. The van der Waals surface area contributed by atoms with Crippen molar-refractivity contribution in [2.75, 3.05) is 23.5 Å². The fraction of sp³-hybridized carbons (Fsp3) is 0.467. The summed E-state index contributed by atoms with van der Waals surface area (Å²) in [6.45, 7) is 0.574. The number of nitrogens with zero attached hydrogens (tertiary/aromatic N) is 1. The molecule has 0 saturated carbocycles. The number of carbonyl (C=O) groups is 2. The number of anilines is 1. The first-order valence-electron chi connectivity index (χ1n) is 7.02. The van der Waals surface area contributed by atoms with Crippen molar-refractivity contribution in [3.63, 3.8) is 0 Å². The SMILES string of the molecule is CSCCCCNC(=O)N1c2ccccc2CC1C(=O)O. The van der Waals surface area contributed by atoms with Crippen molar-refractivity contribution >= 4 is 29.4 Å². The monoisotopic (exact) mass is 308 g/mol. The Hall–Kier alpha value is -1.69. The molecule has 1 aliphatic heterocycles. The molecule has 1 atom stereocenters. The van der Waals surface area contributed by atoms with Gasteiger partial charge in [0.1, 0.15) is 6.04 Å². The molecular formula is C15H20N2O3S. The summed E-state index contributed by atoms with van der Waals surface area (Å²) in [6.07, 6.45) is 4.36. The Morgan fingerprint density at radius 2 is 2.14 bits per heavy atom. The maximum atomic E-state index is 12.3. The van der Waals surface area contributed by atoms with Crippen LogP contribution in [0.2, 0.25) is 0 Å². The molecule has 1 unspecified atom stereocenters. The van der Waals surface area contributed by atoms with Crippen molar-refractivity contribution in [1.82, 2.24) is 5.32 Å². The lowest BCUT2D eigenvalue weighted by atomic mass is 10.1. The number of carbonyl (C=O) groups excluding carboxylic acids is 1. The summed E-state index contributed by atoms with van der Waals surface area (Å²) in [5, 5.41) is 12.1. The minimum absolute atomic E-state index is 0.323. The molecule has 0 bridgehead atoms. The number of carboxylic acids is 1. The first-order valence-corrected chi connectivity index (χ1v) is 8.41. The number of amides is 2. The van der Waals surface area contributed by atoms with Gasteiger partial charge in [-0.3, -0.25) is 4.90 Å². The number of thioether (sulfide) groups is 1. The van der Waals surface area contributed by atoms with Gasteiger partial charge >= 0.3 is 12.0 Å². The number of urea groups is 1. The van der Waals surface area contributed by atoms with E-state index in [0.717, 1.165) is 24.2 Å². The van der Waals surface area contributed by atoms with E-state index in [1.807, 2.05) is 18.2 Å². The molecule has 1 aromatic carbocycles. The lowest BCUT2D eigenvalue weighted by molar-refractivity contribution is -0.138. The van der Waals surface area contributed by atoms with Gasteiger partial charge in [-0.1, -0.05) is 18.2 Å². The third-order valence-corrected chi connectivity index (χ3v) is 4.23. The Labute approximate surface area is 128 Å². The lowest BCUT2D eigenvalue weighted by Crippen LogP contribution is -2.48. The van der Waals surface area contributed by atoms with Gasteiger partial charge in [-0.05, 0) is 36.5 Å². The van der Waals surface area contributed by atoms with Gasteiger partial charge in [0.05, 0.1) is 0 Å². The lowest BCUT2D eigenvalue weighted by Gasteiger charge is -2.23. The zero-order valence-corrected chi connectivity index (χ0v) is 12.9. The van der Waals surface area contributed by atoms with E-state index in [1.165, 1.54) is 4.90 Å². The van der Waals surface area contributed by atoms with Gasteiger partial charge in [-0.15, -0.1) is 0 Å². The van der Waals surface area contributed by atoms with Gasteiger partial charge in [0, 0.05) is 18.7 Å². The molecule has 0 radical (unpaired) electrons. The summed E-state index contributed by atoms with van der Waals surface area (Å²) in [7, 11) is 0. The Balaban J connectivity index is 2.01. The van der Waals surface area contributed by atoms with E-state index in [0.29, 0.717) is 18.7 Å². The first kappa shape index (κ1) is 15.7. The topological polar surface area (TPSA) is 69.6 Å². The minimum atomic E-state index is -0.969. The van der Waals surface area contributed by atoms with Crippen molar-refractivity contribution in [3.8, 4) is 0 Å². The van der Waals surface area contributed by atoms with Gasteiger partial charge in [0.2, 0.25) is 0 Å². The molecule has 5 nitrogen and oxygen atoms in total. The van der Waals surface area contributed by atoms with E-state index < -0.39 is 12.0 Å². The Morgan fingerprint density at radius 1 is 1.38 bits per heavy atom. The van der Waals surface area contributed by atoms with Gasteiger partial charge in [-0.2, -0.15) is 11.8 Å². The van der Waals surface area contributed by atoms with Crippen LogP contribution in [0.15, 0.2) is 24.3 Å². The third-order valence-electron chi connectivity index (χ3n) is 3.53. The van der Waals surface area contributed by atoms with E-state index in [9.17, 15) is 14.7 Å². The normalized spacial score (nSPS) is 16.6. The largest absolute Gasteiger partial charge is 0.480 e. The van der Waals surface area contributed by atoms with Gasteiger partial charge in [0.25, 0.3) is 0 Å². The highest BCUT2D eigenvalue weighted by Crippen LogP contribution is 2.32. The molecule has 2 N–H and O–H groups in total. The molecule has 2 rings (SSSR count). The van der Waals surface area contributed by atoms with Crippen molar-refractivity contribution in [3.05, 3.63) is 29.8 Å². The van der Waals surface area contributed by atoms with Crippen LogP contribution in [-0.4, -0.2) is 41.7 Å². The molecule has 114 valence electrons. The number of para-hydroxylation sites is 1. The number of rotatable bonds is 6. The van der Waals surface area contributed by atoms with Crippen LogP contribution in [0.5, 0.6) is 0 Å². The number of benzene rings is 1. The zero-order chi connectivity index (χ0) is 15.2. The second-order valence-corrected chi connectivity index (χ2v) is 5.97. The Bertz CT molecular complexity index is 521. The van der Waals surface area contributed by atoms with Crippen molar-refractivity contribution in [2.45, 2.75) is 25.3 Å². The van der Waals surface area contributed by atoms with Crippen LogP contribution in [0, 0.1) is 0 Å². The summed E-state index contributed by atoms with van der Waals surface area (Å²) in [5.74, 6) is 0.101. The molecule has 0 aromatic heterocycles. The maximum absolute atomic E-state index is 12.3. The Kier molecular flexibility index (Phi) is 5.50. The smallest absolute Gasteiger partial charge is 0.327 e. The second-order valence-electron chi connectivity index (χ2n) is 4.99. The number of fused-ring (bicyclic) bond motifs is 1. The zero-order valence-electron chi connectivity index (χ0n) is 12.0. The van der Waals surface area contributed by atoms with Crippen molar-refractivity contribution in [2.24, 2.45) is 0 Å². The molecule has 0 aliphatic carbocycles. The highest BCUT2D eigenvalue weighted by molar-refractivity contribution is 7.98. The molecule has 0 fully saturated rings. The van der Waals surface area contributed by atoms with Gasteiger partial charge in [-0.25, -0.2) is 9.59 Å². The third kappa shape index (κ3) is 3.69. The highest BCUT2D eigenvalue weighted by Gasteiger charge is 2.38. The van der Waals surface area contributed by atoms with E-state index >= 15 is 0 Å². The molecule has 0 spiro atoms. The molecule has 1 aromatic rings. The first-order chi connectivity index (χ1) is 10.1. The summed E-state index contributed by atoms with van der Waals surface area (Å²) in [5.41, 5.74) is 1.61. The van der Waals surface area contributed by atoms with Crippen LogP contribution in [0.4, 0.5) is 10.5 Å². The molecule has 21 heavy (non-hydrogen) atoms. The summed E-state index contributed by atoms with van der Waals surface area (Å²) in [6, 6.07) is 6.22. The van der Waals surface area contributed by atoms with Crippen molar-refractivity contribution < 1.29 is 14.7 Å². The van der Waals surface area contributed by atoms with Crippen LogP contribution in [0.3, 0.4) is 0 Å². The number of nitrogens with one attached hydrogen (secondary N) is 1. The van der Waals surface area contributed by atoms with Crippen LogP contribution in [-0.2, 0) is 11.2 Å². The van der Waals surface area contributed by atoms with Gasteiger partial charge < -0.3 is 10.4 Å². The molecule has 1 aliphatic rings. The van der Waals surface area contributed by atoms with Crippen LogP contribution in [0.1, 0.15) is 18.4 Å². The number of aliphatic carboxylic acids is 1. The number of unbranched alkanes of at least 4 members (excludes halogenated alkanes) is 1. The highest BCUT2D eigenvalue weighted by atomic mass is 32.2. The molecule has 0 saturated heterocycles. The average molecular weight is 308 g/mol. The quantitative estimate of drug-likeness (QED) is 0.792.